The van der Waals surface area contributed by atoms with Crippen molar-refractivity contribution in [1.82, 2.24) is 0 Å². The van der Waals surface area contributed by atoms with Gasteiger partial charge in [0.15, 0.2) is 12.4 Å². The number of aromatic nitrogens is 1. The van der Waals surface area contributed by atoms with E-state index in [1.165, 1.54) is 0 Å². The van der Waals surface area contributed by atoms with E-state index in [2.05, 4.69) is 5.10 Å². The predicted molar refractivity (Wildman–Crippen MR) is 94.8 cm³/mol. The smallest absolute Gasteiger partial charge is 0.169 e. The Morgan fingerprint density at radius 3 is 2.40 bits per heavy atom. The fourth-order valence-corrected chi connectivity index (χ4v) is 2.63. The van der Waals surface area contributed by atoms with Crippen molar-refractivity contribution in [2.75, 3.05) is 24.9 Å². The Bertz CT molecular complexity index is 803. The summed E-state index contributed by atoms with van der Waals surface area (Å²) in [7, 11) is -0.674. The summed E-state index contributed by atoms with van der Waals surface area (Å²) >= 11 is 0. The fourth-order valence-electron chi connectivity index (χ4n) is 2.15. The van der Waals surface area contributed by atoms with Crippen LogP contribution in [0.1, 0.15) is 12.0 Å². The van der Waals surface area contributed by atoms with Crippen molar-refractivity contribution in [1.29, 1.82) is 0 Å². The highest BCUT2D eigenvalue weighted by Crippen LogP contribution is 2.18. The fraction of sp³-hybridized carbons (Fsp3) is 0.294. The third-order valence-corrected chi connectivity index (χ3v) is 4.34. The second kappa shape index (κ2) is 8.59. The molecule has 0 fully saturated rings. The number of aryl methyl sites for hydroxylation is 1. The molecule has 7 nitrogen and oxygen atoms in total. The first-order chi connectivity index (χ1) is 11.9. The quantitative estimate of drug-likeness (QED) is 0.306. The highest BCUT2D eigenvalue weighted by molar-refractivity contribution is 7.85. The van der Waals surface area contributed by atoms with E-state index in [0.717, 1.165) is 17.0 Å². The molecule has 0 bridgehead atoms. The van der Waals surface area contributed by atoms with E-state index in [1.807, 2.05) is 60.4 Å². The summed E-state index contributed by atoms with van der Waals surface area (Å²) in [4.78, 5) is 0. The zero-order valence-corrected chi connectivity index (χ0v) is 15.0. The van der Waals surface area contributed by atoms with E-state index in [-0.39, 0.29) is 5.75 Å². The van der Waals surface area contributed by atoms with Crippen molar-refractivity contribution >= 4 is 22.0 Å². The van der Waals surface area contributed by atoms with Gasteiger partial charge >= 0.3 is 0 Å². The van der Waals surface area contributed by atoms with Crippen molar-refractivity contribution in [3.05, 3.63) is 54.4 Å². The molecule has 1 heterocycles. The minimum atomic E-state index is -4.15. The SMILES string of the molecule is COc1ccc(N(C)N=Cc2cc[n+](CCCS(=O)(=O)[O-])cc2)cc1. The number of benzene rings is 1. The molecule has 1 aromatic heterocycles. The van der Waals surface area contributed by atoms with Crippen LogP contribution in [0, 0.1) is 0 Å². The lowest BCUT2D eigenvalue weighted by molar-refractivity contribution is -0.696. The monoisotopic (exact) mass is 363 g/mol. The normalized spacial score (nSPS) is 11.6. The number of hydrogen-bond donors (Lipinski definition) is 0. The lowest BCUT2D eigenvalue weighted by Gasteiger charge is -2.13. The minimum absolute atomic E-state index is 0.296. The van der Waals surface area contributed by atoms with Gasteiger partial charge in [0, 0.05) is 36.9 Å². The van der Waals surface area contributed by atoms with Gasteiger partial charge in [0.25, 0.3) is 0 Å². The molecular formula is C17H21N3O4S. The Kier molecular flexibility index (Phi) is 6.49. The van der Waals surface area contributed by atoms with Crippen molar-refractivity contribution in [2.24, 2.45) is 5.10 Å². The summed E-state index contributed by atoms with van der Waals surface area (Å²) in [5, 5.41) is 6.13. The molecule has 0 saturated carbocycles. The van der Waals surface area contributed by atoms with Crippen LogP contribution in [0.3, 0.4) is 0 Å². The first-order valence-electron chi connectivity index (χ1n) is 7.72. The molecule has 0 atom stereocenters. The average molecular weight is 363 g/mol. The molecule has 134 valence electrons. The van der Waals surface area contributed by atoms with Gasteiger partial charge in [-0.15, -0.1) is 0 Å². The van der Waals surface area contributed by atoms with Gasteiger partial charge in [0.05, 0.1) is 29.1 Å². The number of rotatable bonds is 8. The zero-order chi connectivity index (χ0) is 18.3. The van der Waals surface area contributed by atoms with Gasteiger partial charge in [0.2, 0.25) is 0 Å². The van der Waals surface area contributed by atoms with E-state index >= 15 is 0 Å². The molecule has 8 heteroatoms. The van der Waals surface area contributed by atoms with Crippen molar-refractivity contribution in [2.45, 2.75) is 13.0 Å². The summed E-state index contributed by atoms with van der Waals surface area (Å²) in [6, 6.07) is 11.3. The summed E-state index contributed by atoms with van der Waals surface area (Å²) in [5.74, 6) is 0.439. The van der Waals surface area contributed by atoms with Crippen LogP contribution in [0.2, 0.25) is 0 Å². The maximum Gasteiger partial charge on any atom is 0.169 e. The van der Waals surface area contributed by atoms with Crippen LogP contribution < -0.4 is 14.3 Å². The molecule has 0 aliphatic carbocycles. The largest absolute Gasteiger partial charge is 0.748 e. The third-order valence-electron chi connectivity index (χ3n) is 3.55. The van der Waals surface area contributed by atoms with Gasteiger partial charge in [-0.3, -0.25) is 5.01 Å². The number of hydrogen-bond acceptors (Lipinski definition) is 6. The molecular weight excluding hydrogens is 342 g/mol. The van der Waals surface area contributed by atoms with Gasteiger partial charge in [-0.25, -0.2) is 13.0 Å². The van der Waals surface area contributed by atoms with Crippen LogP contribution in [0.15, 0.2) is 53.9 Å². The third kappa shape index (κ3) is 6.52. The molecule has 0 aliphatic heterocycles. The van der Waals surface area contributed by atoms with Crippen LogP contribution >= 0.6 is 0 Å². The minimum Gasteiger partial charge on any atom is -0.748 e. The topological polar surface area (TPSA) is 85.9 Å². The number of anilines is 1. The Balaban J connectivity index is 1.91. The summed E-state index contributed by atoms with van der Waals surface area (Å²) in [6.45, 7) is 0.477. The molecule has 0 amide bonds. The molecule has 0 saturated heterocycles. The maximum atomic E-state index is 10.6. The van der Waals surface area contributed by atoms with Crippen LogP contribution in [-0.4, -0.2) is 39.1 Å². The van der Waals surface area contributed by atoms with Gasteiger partial charge in [0.1, 0.15) is 12.3 Å². The van der Waals surface area contributed by atoms with Crippen LogP contribution in [0.5, 0.6) is 5.75 Å². The van der Waals surface area contributed by atoms with E-state index in [4.69, 9.17) is 4.74 Å². The number of ether oxygens (including phenoxy) is 1. The van der Waals surface area contributed by atoms with Crippen molar-refractivity contribution in [3.8, 4) is 5.75 Å². The average Bonchev–Trinajstić information content (AvgIpc) is 2.60. The second-order valence-corrected chi connectivity index (χ2v) is 6.97. The molecule has 2 aromatic rings. The van der Waals surface area contributed by atoms with E-state index in [1.54, 1.807) is 18.3 Å². The van der Waals surface area contributed by atoms with E-state index in [0.29, 0.717) is 13.0 Å². The number of pyridine rings is 1. The standard InChI is InChI=1S/C17H21N3O4S/c1-19(16-4-6-17(24-2)7-5-16)18-14-15-8-11-20(12-9-15)10-3-13-25(21,22)23/h4-9,11-12,14H,3,10,13H2,1-2H3. The number of hydrazone groups is 1. The first kappa shape index (κ1) is 18.9. The molecule has 1 aromatic carbocycles. The Labute approximate surface area is 147 Å². The second-order valence-electron chi connectivity index (χ2n) is 5.45. The lowest BCUT2D eigenvalue weighted by atomic mass is 10.3. The van der Waals surface area contributed by atoms with Gasteiger partial charge in [-0.2, -0.15) is 5.10 Å². The molecule has 2 rings (SSSR count). The zero-order valence-electron chi connectivity index (χ0n) is 14.2. The number of nitrogens with zero attached hydrogens (tertiary/aromatic N) is 3. The molecule has 0 radical (unpaired) electrons. The molecule has 0 N–H and O–H groups in total. The molecule has 25 heavy (non-hydrogen) atoms. The number of methoxy groups -OCH3 is 1. The Morgan fingerprint density at radius 1 is 1.20 bits per heavy atom. The lowest BCUT2D eigenvalue weighted by Crippen LogP contribution is -2.33. The van der Waals surface area contributed by atoms with Gasteiger partial charge < -0.3 is 9.29 Å². The Hall–Kier alpha value is -2.45. The van der Waals surface area contributed by atoms with Gasteiger partial charge in [-0.05, 0) is 24.3 Å². The highest BCUT2D eigenvalue weighted by atomic mass is 32.2. The summed E-state index contributed by atoms with van der Waals surface area (Å²) in [6.07, 6.45) is 5.68. The van der Waals surface area contributed by atoms with Crippen molar-refractivity contribution < 1.29 is 22.3 Å². The predicted octanol–water partition coefficient (Wildman–Crippen LogP) is 1.39. The first-order valence-corrected chi connectivity index (χ1v) is 9.29. The summed E-state index contributed by atoms with van der Waals surface area (Å²) < 4.78 is 38.7. The van der Waals surface area contributed by atoms with Crippen LogP contribution in [0.4, 0.5) is 5.69 Å². The molecule has 0 unspecified atom stereocenters. The Morgan fingerprint density at radius 2 is 1.84 bits per heavy atom. The molecule has 0 spiro atoms. The van der Waals surface area contributed by atoms with E-state index in [9.17, 15) is 13.0 Å². The van der Waals surface area contributed by atoms with E-state index < -0.39 is 10.1 Å². The van der Waals surface area contributed by atoms with Crippen LogP contribution in [-0.2, 0) is 16.7 Å². The summed E-state index contributed by atoms with van der Waals surface area (Å²) in [5.41, 5.74) is 1.84. The maximum absolute atomic E-state index is 10.6. The molecule has 0 aliphatic rings. The highest BCUT2D eigenvalue weighted by Gasteiger charge is 2.03. The van der Waals surface area contributed by atoms with Gasteiger partial charge in [-0.1, -0.05) is 0 Å². The van der Waals surface area contributed by atoms with Crippen LogP contribution in [0.25, 0.3) is 0 Å². The van der Waals surface area contributed by atoms with Crippen molar-refractivity contribution in [3.63, 3.8) is 0 Å².